The van der Waals surface area contributed by atoms with Gasteiger partial charge in [0.1, 0.15) is 6.04 Å². The maximum atomic E-state index is 11.7. The van der Waals surface area contributed by atoms with Crippen molar-refractivity contribution in [3.63, 3.8) is 0 Å². The molecule has 1 aromatic carbocycles. The van der Waals surface area contributed by atoms with Crippen LogP contribution in [0.4, 0.5) is 4.79 Å². The number of carbonyl (C=O) groups is 2. The van der Waals surface area contributed by atoms with E-state index in [2.05, 4.69) is 10.6 Å². The van der Waals surface area contributed by atoms with Crippen LogP contribution in [0.3, 0.4) is 0 Å². The first-order valence-electron chi connectivity index (χ1n) is 7.21. The Morgan fingerprint density at radius 1 is 1.24 bits per heavy atom. The molecule has 1 atom stereocenters. The molecule has 116 valence electrons. The van der Waals surface area contributed by atoms with E-state index in [1.807, 2.05) is 45.0 Å². The molecule has 0 radical (unpaired) electrons. The van der Waals surface area contributed by atoms with E-state index in [4.69, 9.17) is 5.11 Å². The summed E-state index contributed by atoms with van der Waals surface area (Å²) >= 11 is 0. The van der Waals surface area contributed by atoms with Gasteiger partial charge in [-0.25, -0.2) is 9.59 Å². The largest absolute Gasteiger partial charge is 0.480 e. The van der Waals surface area contributed by atoms with Gasteiger partial charge in [0.25, 0.3) is 0 Å². The Morgan fingerprint density at radius 2 is 1.90 bits per heavy atom. The Kier molecular flexibility index (Phi) is 6.72. The van der Waals surface area contributed by atoms with Crippen LogP contribution < -0.4 is 10.6 Å². The van der Waals surface area contributed by atoms with Crippen LogP contribution in [0.1, 0.15) is 31.4 Å². The summed E-state index contributed by atoms with van der Waals surface area (Å²) in [5.74, 6) is -0.795. The van der Waals surface area contributed by atoms with Gasteiger partial charge in [0, 0.05) is 6.54 Å². The normalized spacial score (nSPS) is 12.0. The van der Waals surface area contributed by atoms with Gasteiger partial charge in [-0.3, -0.25) is 0 Å². The third-order valence-corrected chi connectivity index (χ3v) is 3.25. The van der Waals surface area contributed by atoms with Crippen molar-refractivity contribution in [2.24, 2.45) is 5.92 Å². The zero-order chi connectivity index (χ0) is 15.8. The Bertz CT molecular complexity index is 486. The number of aryl methyl sites for hydroxylation is 1. The third kappa shape index (κ3) is 6.29. The number of rotatable bonds is 7. The van der Waals surface area contributed by atoms with Crippen molar-refractivity contribution in [1.82, 2.24) is 10.6 Å². The van der Waals surface area contributed by atoms with Gasteiger partial charge in [-0.1, -0.05) is 38.1 Å². The number of carboxylic acids is 1. The van der Waals surface area contributed by atoms with Crippen LogP contribution in [0.15, 0.2) is 24.3 Å². The van der Waals surface area contributed by atoms with Gasteiger partial charge >= 0.3 is 12.0 Å². The highest BCUT2D eigenvalue weighted by Crippen LogP contribution is 2.07. The molecule has 2 amide bonds. The molecular weight excluding hydrogens is 268 g/mol. The number of hydrogen-bond acceptors (Lipinski definition) is 2. The van der Waals surface area contributed by atoms with E-state index >= 15 is 0 Å². The molecule has 21 heavy (non-hydrogen) atoms. The lowest BCUT2D eigenvalue weighted by Crippen LogP contribution is -2.47. The lowest BCUT2D eigenvalue weighted by Gasteiger charge is -2.17. The van der Waals surface area contributed by atoms with Crippen LogP contribution in [0, 0.1) is 12.8 Å². The molecular formula is C16H24N2O3. The molecule has 0 aromatic heterocycles. The summed E-state index contributed by atoms with van der Waals surface area (Å²) in [5, 5.41) is 14.3. The SMILES string of the molecule is Cc1ccccc1CCNC(=O)NC(CC(C)C)C(=O)O. The number of benzene rings is 1. The molecule has 1 aromatic rings. The second kappa shape index (κ2) is 8.29. The number of carboxylic acid groups (broad SMARTS) is 1. The Hall–Kier alpha value is -2.04. The highest BCUT2D eigenvalue weighted by atomic mass is 16.4. The lowest BCUT2D eigenvalue weighted by molar-refractivity contribution is -0.139. The zero-order valence-electron chi connectivity index (χ0n) is 12.8. The zero-order valence-corrected chi connectivity index (χ0v) is 12.8. The van der Waals surface area contributed by atoms with Crippen molar-refractivity contribution in [2.45, 2.75) is 39.7 Å². The minimum Gasteiger partial charge on any atom is -0.480 e. The summed E-state index contributed by atoms with van der Waals surface area (Å²) in [5.41, 5.74) is 2.36. The van der Waals surface area contributed by atoms with Crippen molar-refractivity contribution < 1.29 is 14.7 Å². The van der Waals surface area contributed by atoms with Crippen molar-refractivity contribution >= 4 is 12.0 Å². The van der Waals surface area contributed by atoms with Crippen molar-refractivity contribution in [1.29, 1.82) is 0 Å². The van der Waals surface area contributed by atoms with Crippen LogP contribution in [0.2, 0.25) is 0 Å². The molecule has 0 spiro atoms. The minimum absolute atomic E-state index is 0.207. The summed E-state index contributed by atoms with van der Waals surface area (Å²) in [6, 6.07) is 6.71. The molecule has 1 unspecified atom stereocenters. The second-order valence-electron chi connectivity index (χ2n) is 5.60. The fourth-order valence-electron chi connectivity index (χ4n) is 2.10. The topological polar surface area (TPSA) is 78.4 Å². The number of aliphatic carboxylic acids is 1. The predicted octanol–water partition coefficient (Wildman–Crippen LogP) is 2.34. The first-order valence-corrected chi connectivity index (χ1v) is 7.21. The van der Waals surface area contributed by atoms with Gasteiger partial charge in [0.2, 0.25) is 0 Å². The summed E-state index contributed by atoms with van der Waals surface area (Å²) in [4.78, 5) is 22.8. The molecule has 5 nitrogen and oxygen atoms in total. The Balaban J connectivity index is 2.39. The Labute approximate surface area is 125 Å². The van der Waals surface area contributed by atoms with Crippen molar-refractivity contribution in [3.05, 3.63) is 35.4 Å². The number of carbonyl (C=O) groups excluding carboxylic acids is 1. The van der Waals surface area contributed by atoms with E-state index < -0.39 is 18.0 Å². The van der Waals surface area contributed by atoms with Gasteiger partial charge < -0.3 is 15.7 Å². The van der Waals surface area contributed by atoms with Gasteiger partial charge in [-0.15, -0.1) is 0 Å². The molecule has 0 aliphatic heterocycles. The summed E-state index contributed by atoms with van der Waals surface area (Å²) in [6.07, 6.45) is 1.14. The Morgan fingerprint density at radius 3 is 2.48 bits per heavy atom. The molecule has 0 aliphatic carbocycles. The molecule has 5 heteroatoms. The van der Waals surface area contributed by atoms with Crippen molar-refractivity contribution in [2.75, 3.05) is 6.54 Å². The number of amides is 2. The summed E-state index contributed by atoms with van der Waals surface area (Å²) in [6.45, 7) is 6.35. The molecule has 0 saturated carbocycles. The summed E-state index contributed by atoms with van der Waals surface area (Å²) < 4.78 is 0. The fourth-order valence-corrected chi connectivity index (χ4v) is 2.10. The van der Waals surface area contributed by atoms with Gasteiger partial charge in [0.05, 0.1) is 0 Å². The molecule has 0 heterocycles. The highest BCUT2D eigenvalue weighted by molar-refractivity contribution is 5.82. The number of nitrogens with one attached hydrogen (secondary N) is 2. The predicted molar refractivity (Wildman–Crippen MR) is 82.3 cm³/mol. The van der Waals surface area contributed by atoms with Crippen LogP contribution in [0.5, 0.6) is 0 Å². The first-order chi connectivity index (χ1) is 9.90. The fraction of sp³-hybridized carbons (Fsp3) is 0.500. The minimum atomic E-state index is -1.00. The molecule has 0 aliphatic rings. The maximum Gasteiger partial charge on any atom is 0.326 e. The monoisotopic (exact) mass is 292 g/mol. The van der Waals surface area contributed by atoms with E-state index in [9.17, 15) is 9.59 Å². The number of urea groups is 1. The molecule has 1 rings (SSSR count). The lowest BCUT2D eigenvalue weighted by atomic mass is 10.0. The van der Waals surface area contributed by atoms with E-state index in [0.29, 0.717) is 13.0 Å². The van der Waals surface area contributed by atoms with Gasteiger partial charge in [0.15, 0.2) is 0 Å². The second-order valence-corrected chi connectivity index (χ2v) is 5.60. The maximum absolute atomic E-state index is 11.7. The van der Waals surface area contributed by atoms with Crippen molar-refractivity contribution in [3.8, 4) is 0 Å². The van der Waals surface area contributed by atoms with Gasteiger partial charge in [-0.2, -0.15) is 0 Å². The highest BCUT2D eigenvalue weighted by Gasteiger charge is 2.20. The summed E-state index contributed by atoms with van der Waals surface area (Å²) in [7, 11) is 0. The quantitative estimate of drug-likeness (QED) is 0.721. The smallest absolute Gasteiger partial charge is 0.326 e. The van der Waals surface area contributed by atoms with E-state index in [0.717, 1.165) is 6.42 Å². The van der Waals surface area contributed by atoms with E-state index in [1.54, 1.807) is 0 Å². The molecule has 0 bridgehead atoms. The van der Waals surface area contributed by atoms with E-state index in [1.165, 1.54) is 11.1 Å². The third-order valence-electron chi connectivity index (χ3n) is 3.25. The molecule has 0 fully saturated rings. The average molecular weight is 292 g/mol. The van der Waals surface area contributed by atoms with Crippen LogP contribution in [0.25, 0.3) is 0 Å². The van der Waals surface area contributed by atoms with Crippen LogP contribution in [-0.2, 0) is 11.2 Å². The van der Waals surface area contributed by atoms with E-state index in [-0.39, 0.29) is 5.92 Å². The molecule has 3 N–H and O–H groups in total. The van der Waals surface area contributed by atoms with Crippen LogP contribution in [-0.4, -0.2) is 29.7 Å². The van der Waals surface area contributed by atoms with Crippen LogP contribution >= 0.6 is 0 Å². The first kappa shape index (κ1) is 17.0. The standard InChI is InChI=1S/C16H24N2O3/c1-11(2)10-14(15(19)20)18-16(21)17-9-8-13-7-5-4-6-12(13)3/h4-7,11,14H,8-10H2,1-3H3,(H,19,20)(H2,17,18,21). The number of hydrogen-bond donors (Lipinski definition) is 3. The average Bonchev–Trinajstić information content (AvgIpc) is 2.39. The molecule has 0 saturated heterocycles. The van der Waals surface area contributed by atoms with Gasteiger partial charge in [-0.05, 0) is 36.8 Å².